The number of fused-ring (bicyclic) bond motifs is 1. The van der Waals surface area contributed by atoms with Crippen molar-refractivity contribution in [3.63, 3.8) is 0 Å². The van der Waals surface area contributed by atoms with Gasteiger partial charge in [-0.15, -0.1) is 11.3 Å². The summed E-state index contributed by atoms with van der Waals surface area (Å²) in [6.45, 7) is 1.99. The van der Waals surface area contributed by atoms with Crippen LogP contribution in [0.5, 0.6) is 0 Å². The lowest BCUT2D eigenvalue weighted by atomic mass is 10.1. The summed E-state index contributed by atoms with van der Waals surface area (Å²) in [6, 6.07) is 9.73. The van der Waals surface area contributed by atoms with Gasteiger partial charge >= 0.3 is 0 Å². The molecule has 0 radical (unpaired) electrons. The second-order valence-corrected chi connectivity index (χ2v) is 5.68. The van der Waals surface area contributed by atoms with E-state index in [0.717, 1.165) is 33.5 Å². The van der Waals surface area contributed by atoms with Crippen LogP contribution in [0.2, 0.25) is 0 Å². The van der Waals surface area contributed by atoms with Crippen LogP contribution in [0.15, 0.2) is 36.4 Å². The highest BCUT2D eigenvalue weighted by Crippen LogP contribution is 2.40. The molecule has 3 N–H and O–H groups in total. The summed E-state index contributed by atoms with van der Waals surface area (Å²) < 4.78 is 27.2. The lowest BCUT2D eigenvalue weighted by Crippen LogP contribution is -1.95. The van der Waals surface area contributed by atoms with Gasteiger partial charge in [0.05, 0.1) is 5.69 Å². The van der Waals surface area contributed by atoms with Crippen molar-refractivity contribution in [3.8, 4) is 0 Å². The van der Waals surface area contributed by atoms with Crippen LogP contribution >= 0.6 is 11.3 Å². The topological polar surface area (TPSA) is 38.0 Å². The van der Waals surface area contributed by atoms with E-state index in [4.69, 9.17) is 5.73 Å². The Balaban J connectivity index is 2.07. The van der Waals surface area contributed by atoms with Gasteiger partial charge in [-0.05, 0) is 31.2 Å². The largest absolute Gasteiger partial charge is 0.389 e. The van der Waals surface area contributed by atoms with Gasteiger partial charge in [-0.2, -0.15) is 0 Å². The average Bonchev–Trinajstić information content (AvgIpc) is 2.70. The van der Waals surface area contributed by atoms with Gasteiger partial charge in [0.2, 0.25) is 0 Å². The average molecular weight is 290 g/mol. The van der Waals surface area contributed by atoms with Crippen molar-refractivity contribution in [2.75, 3.05) is 11.1 Å². The van der Waals surface area contributed by atoms with E-state index in [9.17, 15) is 8.78 Å². The van der Waals surface area contributed by atoms with Gasteiger partial charge in [0.15, 0.2) is 11.6 Å². The van der Waals surface area contributed by atoms with Crippen molar-refractivity contribution < 1.29 is 8.78 Å². The van der Waals surface area contributed by atoms with E-state index < -0.39 is 11.6 Å². The fraction of sp³-hybridized carbons (Fsp3) is 0.0667. The molecule has 2 aromatic carbocycles. The van der Waals surface area contributed by atoms with E-state index in [1.807, 2.05) is 25.1 Å². The van der Waals surface area contributed by atoms with Crippen molar-refractivity contribution in [3.05, 3.63) is 53.6 Å². The molecule has 0 fully saturated rings. The Labute approximate surface area is 118 Å². The zero-order chi connectivity index (χ0) is 14.3. The van der Waals surface area contributed by atoms with Crippen molar-refractivity contribution in [1.82, 2.24) is 0 Å². The Morgan fingerprint density at radius 1 is 1.05 bits per heavy atom. The molecule has 0 spiro atoms. The highest BCUT2D eigenvalue weighted by atomic mass is 32.1. The Bertz CT molecular complexity index is 796. The monoisotopic (exact) mass is 290 g/mol. The number of anilines is 3. The molecule has 0 unspecified atom stereocenters. The normalized spacial score (nSPS) is 10.9. The van der Waals surface area contributed by atoms with Crippen molar-refractivity contribution >= 4 is 37.8 Å². The highest BCUT2D eigenvalue weighted by Gasteiger charge is 2.11. The number of benzene rings is 2. The SMILES string of the molecule is Cc1ccc2sc(N)c(Nc3ccc(F)c(F)c3)c2c1. The molecule has 0 aliphatic carbocycles. The Hall–Kier alpha value is -2.14. The Kier molecular flexibility index (Phi) is 3.06. The number of nitrogens with one attached hydrogen (secondary N) is 1. The molecule has 5 heteroatoms. The molecule has 0 atom stereocenters. The molecular weight excluding hydrogens is 278 g/mol. The number of hydrogen-bond acceptors (Lipinski definition) is 3. The van der Waals surface area contributed by atoms with E-state index in [1.165, 1.54) is 17.4 Å². The number of rotatable bonds is 2. The molecule has 20 heavy (non-hydrogen) atoms. The van der Waals surface area contributed by atoms with Crippen LogP contribution in [0.25, 0.3) is 10.1 Å². The van der Waals surface area contributed by atoms with E-state index in [1.54, 1.807) is 0 Å². The van der Waals surface area contributed by atoms with Crippen molar-refractivity contribution in [1.29, 1.82) is 0 Å². The van der Waals surface area contributed by atoms with Gasteiger partial charge in [0.1, 0.15) is 5.00 Å². The zero-order valence-electron chi connectivity index (χ0n) is 10.7. The third kappa shape index (κ3) is 2.20. The van der Waals surface area contributed by atoms with Gasteiger partial charge in [-0.1, -0.05) is 11.6 Å². The van der Waals surface area contributed by atoms with Crippen LogP contribution in [0, 0.1) is 18.6 Å². The van der Waals surface area contributed by atoms with Crippen LogP contribution in [0.3, 0.4) is 0 Å². The molecule has 3 aromatic rings. The summed E-state index contributed by atoms with van der Waals surface area (Å²) in [5.41, 5.74) is 8.33. The molecule has 0 aliphatic rings. The van der Waals surface area contributed by atoms with E-state index >= 15 is 0 Å². The number of thiophene rings is 1. The van der Waals surface area contributed by atoms with Crippen LogP contribution < -0.4 is 11.1 Å². The number of halogens is 2. The fourth-order valence-electron chi connectivity index (χ4n) is 2.08. The van der Waals surface area contributed by atoms with Gasteiger partial charge in [-0.3, -0.25) is 0 Å². The lowest BCUT2D eigenvalue weighted by Gasteiger charge is -2.07. The van der Waals surface area contributed by atoms with Crippen LogP contribution in [-0.4, -0.2) is 0 Å². The Morgan fingerprint density at radius 3 is 2.60 bits per heavy atom. The minimum atomic E-state index is -0.885. The molecule has 0 bridgehead atoms. The van der Waals surface area contributed by atoms with Gasteiger partial charge in [0.25, 0.3) is 0 Å². The first-order valence-electron chi connectivity index (χ1n) is 6.05. The van der Waals surface area contributed by atoms with Crippen LogP contribution in [0.4, 0.5) is 25.2 Å². The molecule has 102 valence electrons. The maximum absolute atomic E-state index is 13.2. The molecule has 1 aromatic heterocycles. The van der Waals surface area contributed by atoms with Gasteiger partial charge in [0, 0.05) is 21.8 Å². The molecular formula is C15H12F2N2S. The molecule has 3 rings (SSSR count). The van der Waals surface area contributed by atoms with Crippen LogP contribution in [-0.2, 0) is 0 Å². The molecule has 0 aliphatic heterocycles. The number of aryl methyl sites for hydroxylation is 1. The first-order valence-corrected chi connectivity index (χ1v) is 6.87. The molecule has 0 saturated heterocycles. The van der Waals surface area contributed by atoms with Gasteiger partial charge in [-0.25, -0.2) is 8.78 Å². The van der Waals surface area contributed by atoms with Crippen LogP contribution in [0.1, 0.15) is 5.56 Å². The standard InChI is InChI=1S/C15H12F2N2S/c1-8-2-5-13-10(6-8)14(15(18)20-13)19-9-3-4-11(16)12(17)7-9/h2-7,19H,18H2,1H3. The molecule has 1 heterocycles. The zero-order valence-corrected chi connectivity index (χ0v) is 11.5. The highest BCUT2D eigenvalue weighted by molar-refractivity contribution is 7.23. The molecule has 0 saturated carbocycles. The summed E-state index contributed by atoms with van der Waals surface area (Å²) in [5.74, 6) is -1.75. The van der Waals surface area contributed by atoms with E-state index in [0.29, 0.717) is 10.7 Å². The summed E-state index contributed by atoms with van der Waals surface area (Å²) in [4.78, 5) is 0. The van der Waals surface area contributed by atoms with Crippen molar-refractivity contribution in [2.24, 2.45) is 0 Å². The summed E-state index contributed by atoms with van der Waals surface area (Å²) in [6.07, 6.45) is 0. The molecule has 0 amide bonds. The number of hydrogen-bond donors (Lipinski definition) is 2. The predicted molar refractivity (Wildman–Crippen MR) is 80.6 cm³/mol. The third-order valence-electron chi connectivity index (χ3n) is 3.06. The quantitative estimate of drug-likeness (QED) is 0.710. The molecule has 2 nitrogen and oxygen atoms in total. The minimum absolute atomic E-state index is 0.469. The second-order valence-electron chi connectivity index (χ2n) is 4.59. The van der Waals surface area contributed by atoms with Gasteiger partial charge < -0.3 is 11.1 Å². The van der Waals surface area contributed by atoms with E-state index in [2.05, 4.69) is 5.32 Å². The Morgan fingerprint density at radius 2 is 1.85 bits per heavy atom. The first-order chi connectivity index (χ1) is 9.54. The fourth-order valence-corrected chi connectivity index (χ4v) is 2.98. The maximum atomic E-state index is 13.2. The predicted octanol–water partition coefficient (Wildman–Crippen LogP) is 4.81. The summed E-state index contributed by atoms with van der Waals surface area (Å²) in [5, 5.41) is 4.67. The number of nitrogens with two attached hydrogens (primary N) is 1. The lowest BCUT2D eigenvalue weighted by molar-refractivity contribution is 0.509. The second kappa shape index (κ2) is 4.76. The number of nitrogen functional groups attached to an aromatic ring is 1. The summed E-state index contributed by atoms with van der Waals surface area (Å²) in [7, 11) is 0. The maximum Gasteiger partial charge on any atom is 0.160 e. The summed E-state index contributed by atoms with van der Waals surface area (Å²) >= 11 is 1.46. The minimum Gasteiger partial charge on any atom is -0.389 e. The van der Waals surface area contributed by atoms with Crippen molar-refractivity contribution in [2.45, 2.75) is 6.92 Å². The smallest absolute Gasteiger partial charge is 0.160 e. The third-order valence-corrected chi connectivity index (χ3v) is 4.06. The van der Waals surface area contributed by atoms with E-state index in [-0.39, 0.29) is 0 Å². The first kappa shape index (κ1) is 12.9.